The molecule has 0 atom stereocenters. The van der Waals surface area contributed by atoms with Crippen LogP contribution in [0.4, 0.5) is 5.82 Å². The van der Waals surface area contributed by atoms with Crippen molar-refractivity contribution in [2.75, 3.05) is 18.4 Å². The Morgan fingerprint density at radius 3 is 2.81 bits per heavy atom. The number of hydrogen-bond donors (Lipinski definition) is 1. The number of nitrogens with zero attached hydrogens (tertiary/aromatic N) is 2. The summed E-state index contributed by atoms with van der Waals surface area (Å²) < 4.78 is 0. The number of aromatic nitrogens is 1. The van der Waals surface area contributed by atoms with E-state index < -0.39 is 0 Å². The van der Waals surface area contributed by atoms with Crippen molar-refractivity contribution >= 4 is 23.3 Å². The van der Waals surface area contributed by atoms with Gasteiger partial charge in [-0.25, -0.2) is 4.98 Å². The highest BCUT2D eigenvalue weighted by molar-refractivity contribution is 6.33. The fourth-order valence-electron chi connectivity index (χ4n) is 2.21. The van der Waals surface area contributed by atoms with E-state index >= 15 is 0 Å². The summed E-state index contributed by atoms with van der Waals surface area (Å²) >= 11 is 6.19. The molecule has 1 fully saturated rings. The second-order valence-corrected chi connectivity index (χ2v) is 6.38. The molecule has 5 heteroatoms. The lowest BCUT2D eigenvalue weighted by Gasteiger charge is -2.27. The summed E-state index contributed by atoms with van der Waals surface area (Å²) in [6, 6.07) is 1.94. The Bertz CT molecular complexity index is 500. The molecule has 1 aliphatic carbocycles. The van der Waals surface area contributed by atoms with Crippen LogP contribution in [-0.2, 0) is 0 Å². The van der Waals surface area contributed by atoms with Crippen LogP contribution in [0.3, 0.4) is 0 Å². The minimum absolute atomic E-state index is 0.00356. The Morgan fingerprint density at radius 1 is 1.52 bits per heavy atom. The number of amides is 1. The van der Waals surface area contributed by atoms with Crippen LogP contribution in [0.25, 0.3) is 0 Å². The molecule has 1 N–H and O–H groups in total. The zero-order chi connectivity index (χ0) is 15.4. The first-order valence-electron chi connectivity index (χ1n) is 7.73. The summed E-state index contributed by atoms with van der Waals surface area (Å²) in [5.41, 5.74) is 0.541. The molecule has 1 aliphatic rings. The van der Waals surface area contributed by atoms with Gasteiger partial charge < -0.3 is 10.2 Å². The quantitative estimate of drug-likeness (QED) is 0.833. The standard InChI is InChI=1S/C16H24ClN3O/c1-4-7-18-15-8-13(14(17)9-19-15)16(21)20(11(2)3)10-12-5-6-12/h8-9,11-12H,4-7,10H2,1-3H3,(H,18,19). The number of carbonyl (C=O) groups excluding carboxylic acids is 1. The Labute approximate surface area is 131 Å². The topological polar surface area (TPSA) is 45.2 Å². The van der Waals surface area contributed by atoms with Crippen LogP contribution < -0.4 is 5.32 Å². The molecule has 1 aromatic heterocycles. The molecule has 0 radical (unpaired) electrons. The van der Waals surface area contributed by atoms with E-state index in [0.29, 0.717) is 22.3 Å². The van der Waals surface area contributed by atoms with Gasteiger partial charge in [0.15, 0.2) is 0 Å². The van der Waals surface area contributed by atoms with E-state index in [0.717, 1.165) is 19.5 Å². The lowest BCUT2D eigenvalue weighted by Crippen LogP contribution is -2.38. The van der Waals surface area contributed by atoms with Gasteiger partial charge in [-0.15, -0.1) is 0 Å². The Kier molecular flexibility index (Phi) is 5.45. The van der Waals surface area contributed by atoms with Gasteiger partial charge >= 0.3 is 0 Å². The van der Waals surface area contributed by atoms with Crippen LogP contribution in [0.5, 0.6) is 0 Å². The Balaban J connectivity index is 2.18. The first-order chi connectivity index (χ1) is 10.0. The average molecular weight is 310 g/mol. The van der Waals surface area contributed by atoms with Gasteiger partial charge in [0, 0.05) is 25.3 Å². The van der Waals surface area contributed by atoms with E-state index in [2.05, 4.69) is 17.2 Å². The summed E-state index contributed by atoms with van der Waals surface area (Å²) in [5, 5.41) is 3.62. The maximum Gasteiger partial charge on any atom is 0.255 e. The molecule has 0 saturated heterocycles. The van der Waals surface area contributed by atoms with Gasteiger partial charge in [-0.2, -0.15) is 0 Å². The highest BCUT2D eigenvalue weighted by Gasteiger charge is 2.29. The average Bonchev–Trinajstić information content (AvgIpc) is 3.27. The second kappa shape index (κ2) is 7.12. The maximum atomic E-state index is 12.8. The number of halogens is 1. The molecule has 1 aromatic rings. The normalized spacial score (nSPS) is 14.3. The van der Waals surface area contributed by atoms with E-state index in [1.165, 1.54) is 12.8 Å². The van der Waals surface area contributed by atoms with Gasteiger partial charge in [0.1, 0.15) is 5.82 Å². The first-order valence-corrected chi connectivity index (χ1v) is 8.11. The van der Waals surface area contributed by atoms with Crippen molar-refractivity contribution < 1.29 is 4.79 Å². The van der Waals surface area contributed by atoms with Crippen molar-refractivity contribution in [2.24, 2.45) is 5.92 Å². The number of carbonyl (C=O) groups is 1. The molecular formula is C16H24ClN3O. The van der Waals surface area contributed by atoms with Crippen LogP contribution in [0.15, 0.2) is 12.3 Å². The van der Waals surface area contributed by atoms with Crippen LogP contribution in [0.2, 0.25) is 5.02 Å². The van der Waals surface area contributed by atoms with Crippen molar-refractivity contribution in [2.45, 2.75) is 46.1 Å². The van der Waals surface area contributed by atoms with Gasteiger partial charge in [-0.1, -0.05) is 18.5 Å². The Hall–Kier alpha value is -1.29. The van der Waals surface area contributed by atoms with E-state index in [1.807, 2.05) is 18.7 Å². The van der Waals surface area contributed by atoms with Crippen molar-refractivity contribution in [1.82, 2.24) is 9.88 Å². The zero-order valence-electron chi connectivity index (χ0n) is 13.0. The molecule has 0 unspecified atom stereocenters. The molecule has 0 bridgehead atoms. The number of rotatable bonds is 7. The van der Waals surface area contributed by atoms with Gasteiger partial charge in [-0.05, 0) is 45.1 Å². The summed E-state index contributed by atoms with van der Waals surface area (Å²) in [7, 11) is 0. The minimum Gasteiger partial charge on any atom is -0.370 e. The lowest BCUT2D eigenvalue weighted by molar-refractivity contribution is 0.0696. The summed E-state index contributed by atoms with van der Waals surface area (Å²) in [4.78, 5) is 18.9. The lowest BCUT2D eigenvalue weighted by atomic mass is 10.1. The van der Waals surface area contributed by atoms with E-state index in [-0.39, 0.29) is 11.9 Å². The monoisotopic (exact) mass is 309 g/mol. The Morgan fingerprint density at radius 2 is 2.24 bits per heavy atom. The van der Waals surface area contributed by atoms with E-state index in [4.69, 9.17) is 11.6 Å². The molecule has 4 nitrogen and oxygen atoms in total. The van der Waals surface area contributed by atoms with Crippen LogP contribution in [-0.4, -0.2) is 34.9 Å². The number of hydrogen-bond acceptors (Lipinski definition) is 3. The molecular weight excluding hydrogens is 286 g/mol. The SMILES string of the molecule is CCCNc1cc(C(=O)N(CC2CC2)C(C)C)c(Cl)cn1. The van der Waals surface area contributed by atoms with Gasteiger partial charge in [0.25, 0.3) is 5.91 Å². The molecule has 21 heavy (non-hydrogen) atoms. The summed E-state index contributed by atoms with van der Waals surface area (Å²) in [5.74, 6) is 1.37. The van der Waals surface area contributed by atoms with Crippen molar-refractivity contribution in [3.05, 3.63) is 22.8 Å². The molecule has 1 saturated carbocycles. The van der Waals surface area contributed by atoms with Crippen molar-refractivity contribution in [1.29, 1.82) is 0 Å². The third kappa shape index (κ3) is 4.34. The summed E-state index contributed by atoms with van der Waals surface area (Å²) in [6.07, 6.45) is 5.02. The number of nitrogens with one attached hydrogen (secondary N) is 1. The largest absolute Gasteiger partial charge is 0.370 e. The highest BCUT2D eigenvalue weighted by atomic mass is 35.5. The molecule has 0 spiro atoms. The summed E-state index contributed by atoms with van der Waals surface area (Å²) in [6.45, 7) is 7.84. The van der Waals surface area contributed by atoms with E-state index in [1.54, 1.807) is 12.3 Å². The predicted octanol–water partition coefficient (Wildman–Crippen LogP) is 3.82. The third-order valence-corrected chi connectivity index (χ3v) is 3.98. The second-order valence-electron chi connectivity index (χ2n) is 5.97. The van der Waals surface area contributed by atoms with Crippen LogP contribution in [0, 0.1) is 5.92 Å². The van der Waals surface area contributed by atoms with Gasteiger partial charge in [-0.3, -0.25) is 4.79 Å². The molecule has 2 rings (SSSR count). The smallest absolute Gasteiger partial charge is 0.255 e. The maximum absolute atomic E-state index is 12.8. The van der Waals surface area contributed by atoms with Crippen molar-refractivity contribution in [3.8, 4) is 0 Å². The van der Waals surface area contributed by atoms with Crippen molar-refractivity contribution in [3.63, 3.8) is 0 Å². The number of pyridine rings is 1. The fraction of sp³-hybridized carbons (Fsp3) is 0.625. The predicted molar refractivity (Wildman–Crippen MR) is 86.9 cm³/mol. The third-order valence-electron chi connectivity index (χ3n) is 3.68. The molecule has 116 valence electrons. The molecule has 0 aromatic carbocycles. The van der Waals surface area contributed by atoms with Crippen LogP contribution >= 0.6 is 11.6 Å². The minimum atomic E-state index is 0.00356. The van der Waals surface area contributed by atoms with Crippen LogP contribution in [0.1, 0.15) is 50.4 Å². The highest BCUT2D eigenvalue weighted by Crippen LogP contribution is 2.31. The van der Waals surface area contributed by atoms with Gasteiger partial charge in [0.05, 0.1) is 10.6 Å². The molecule has 1 heterocycles. The fourth-order valence-corrected chi connectivity index (χ4v) is 2.40. The zero-order valence-corrected chi connectivity index (χ0v) is 13.8. The molecule has 1 amide bonds. The first kappa shape index (κ1) is 16.1. The molecule has 0 aliphatic heterocycles. The number of anilines is 1. The van der Waals surface area contributed by atoms with Gasteiger partial charge in [0.2, 0.25) is 0 Å². The van der Waals surface area contributed by atoms with E-state index in [9.17, 15) is 4.79 Å².